The highest BCUT2D eigenvalue weighted by Crippen LogP contribution is 2.25. The highest BCUT2D eigenvalue weighted by molar-refractivity contribution is 7.98. The highest BCUT2D eigenvalue weighted by atomic mass is 32.2. The molecular formula is C15H10N6O2S. The summed E-state index contributed by atoms with van der Waals surface area (Å²) in [5, 5.41) is 12.4. The second kappa shape index (κ2) is 6.59. The molecule has 4 aromatic rings. The summed E-state index contributed by atoms with van der Waals surface area (Å²) in [6.45, 7) is 0. The van der Waals surface area contributed by atoms with E-state index in [1.54, 1.807) is 24.8 Å². The summed E-state index contributed by atoms with van der Waals surface area (Å²) in [5.74, 6) is 1.83. The maximum absolute atomic E-state index is 5.58. The van der Waals surface area contributed by atoms with E-state index in [1.165, 1.54) is 11.8 Å². The summed E-state index contributed by atoms with van der Waals surface area (Å²) in [5.41, 5.74) is 1.57. The van der Waals surface area contributed by atoms with Gasteiger partial charge in [-0.05, 0) is 24.3 Å². The van der Waals surface area contributed by atoms with Gasteiger partial charge in [-0.2, -0.15) is 4.98 Å². The zero-order valence-electron chi connectivity index (χ0n) is 12.2. The van der Waals surface area contributed by atoms with Crippen LogP contribution in [0.5, 0.6) is 0 Å². The van der Waals surface area contributed by atoms with Crippen molar-refractivity contribution < 1.29 is 8.94 Å². The fourth-order valence-corrected chi connectivity index (χ4v) is 2.52. The van der Waals surface area contributed by atoms with Crippen LogP contribution in [0.25, 0.3) is 22.8 Å². The van der Waals surface area contributed by atoms with Gasteiger partial charge in [-0.3, -0.25) is 9.97 Å². The van der Waals surface area contributed by atoms with Crippen LogP contribution in [0.15, 0.2) is 63.2 Å². The van der Waals surface area contributed by atoms with Gasteiger partial charge in [-0.15, -0.1) is 10.2 Å². The van der Waals surface area contributed by atoms with E-state index < -0.39 is 0 Å². The maximum atomic E-state index is 5.58. The van der Waals surface area contributed by atoms with Crippen LogP contribution in [-0.2, 0) is 5.75 Å². The molecular weight excluding hydrogens is 328 g/mol. The third-order valence-corrected chi connectivity index (χ3v) is 3.83. The van der Waals surface area contributed by atoms with Gasteiger partial charge in [0.2, 0.25) is 17.6 Å². The molecule has 0 unspecified atom stereocenters. The Morgan fingerprint density at radius 2 is 1.75 bits per heavy atom. The zero-order valence-corrected chi connectivity index (χ0v) is 13.1. The van der Waals surface area contributed by atoms with Gasteiger partial charge in [0.1, 0.15) is 0 Å². The lowest BCUT2D eigenvalue weighted by Gasteiger charge is -1.92. The third kappa shape index (κ3) is 3.15. The molecule has 4 rings (SSSR count). The van der Waals surface area contributed by atoms with E-state index in [4.69, 9.17) is 8.94 Å². The second-order valence-electron chi connectivity index (χ2n) is 4.66. The van der Waals surface area contributed by atoms with Gasteiger partial charge in [-0.25, -0.2) is 0 Å². The van der Waals surface area contributed by atoms with E-state index in [0.29, 0.717) is 28.6 Å². The molecule has 0 saturated heterocycles. The first-order chi connectivity index (χ1) is 11.9. The first kappa shape index (κ1) is 14.5. The van der Waals surface area contributed by atoms with Gasteiger partial charge < -0.3 is 8.94 Å². The number of pyridine rings is 2. The van der Waals surface area contributed by atoms with Crippen molar-refractivity contribution in [3.8, 4) is 22.8 Å². The SMILES string of the molecule is c1cncc(-c2noc(CSc3nnc(-c4cccnc4)o3)n2)c1. The lowest BCUT2D eigenvalue weighted by molar-refractivity contribution is 0.391. The van der Waals surface area contributed by atoms with Crippen molar-refractivity contribution in [3.63, 3.8) is 0 Å². The lowest BCUT2D eigenvalue weighted by Crippen LogP contribution is -1.83. The summed E-state index contributed by atoms with van der Waals surface area (Å²) in [4.78, 5) is 12.4. The fraction of sp³-hybridized carbons (Fsp3) is 0.0667. The van der Waals surface area contributed by atoms with Crippen molar-refractivity contribution >= 4 is 11.8 Å². The Morgan fingerprint density at radius 3 is 2.50 bits per heavy atom. The molecule has 0 spiro atoms. The minimum atomic E-state index is 0.423. The van der Waals surface area contributed by atoms with Crippen LogP contribution < -0.4 is 0 Å². The third-order valence-electron chi connectivity index (χ3n) is 3.02. The maximum Gasteiger partial charge on any atom is 0.277 e. The van der Waals surface area contributed by atoms with Gasteiger partial charge in [-0.1, -0.05) is 16.9 Å². The molecule has 0 atom stereocenters. The van der Waals surface area contributed by atoms with Gasteiger partial charge in [0.05, 0.1) is 11.3 Å². The molecule has 9 heteroatoms. The molecule has 0 radical (unpaired) electrons. The Balaban J connectivity index is 1.43. The fourth-order valence-electron chi connectivity index (χ4n) is 1.92. The second-order valence-corrected chi connectivity index (χ2v) is 5.58. The molecule has 8 nitrogen and oxygen atoms in total. The monoisotopic (exact) mass is 338 g/mol. The topological polar surface area (TPSA) is 104 Å². The molecule has 118 valence electrons. The number of hydrogen-bond donors (Lipinski definition) is 0. The van der Waals surface area contributed by atoms with Crippen molar-refractivity contribution in [1.82, 2.24) is 30.3 Å². The minimum Gasteiger partial charge on any atom is -0.411 e. The van der Waals surface area contributed by atoms with Crippen LogP contribution in [0.4, 0.5) is 0 Å². The Morgan fingerprint density at radius 1 is 0.958 bits per heavy atom. The first-order valence-corrected chi connectivity index (χ1v) is 7.97. The smallest absolute Gasteiger partial charge is 0.277 e. The molecule has 0 N–H and O–H groups in total. The van der Waals surface area contributed by atoms with Crippen molar-refractivity contribution in [2.24, 2.45) is 0 Å². The largest absolute Gasteiger partial charge is 0.411 e. The average Bonchev–Trinajstić information content (AvgIpc) is 3.31. The van der Waals surface area contributed by atoms with Crippen molar-refractivity contribution in [2.45, 2.75) is 11.0 Å². The lowest BCUT2D eigenvalue weighted by atomic mass is 10.3. The molecule has 4 heterocycles. The molecule has 0 aromatic carbocycles. The quantitative estimate of drug-likeness (QED) is 0.508. The van der Waals surface area contributed by atoms with Crippen LogP contribution in [0, 0.1) is 0 Å². The van der Waals surface area contributed by atoms with E-state index >= 15 is 0 Å². The molecule has 24 heavy (non-hydrogen) atoms. The van der Waals surface area contributed by atoms with Gasteiger partial charge in [0.15, 0.2) is 0 Å². The average molecular weight is 338 g/mol. The van der Waals surface area contributed by atoms with Crippen molar-refractivity contribution in [3.05, 3.63) is 54.9 Å². The number of aromatic nitrogens is 6. The van der Waals surface area contributed by atoms with Gasteiger partial charge in [0, 0.05) is 30.4 Å². The summed E-state index contributed by atoms with van der Waals surface area (Å²) < 4.78 is 10.8. The number of rotatable bonds is 5. The molecule has 0 aliphatic heterocycles. The van der Waals surface area contributed by atoms with E-state index in [0.717, 1.165) is 11.1 Å². The highest BCUT2D eigenvalue weighted by Gasteiger charge is 2.13. The van der Waals surface area contributed by atoms with Crippen LogP contribution in [0.1, 0.15) is 5.89 Å². The van der Waals surface area contributed by atoms with E-state index in [1.807, 2.05) is 24.3 Å². The molecule has 0 fully saturated rings. The predicted molar refractivity (Wildman–Crippen MR) is 84.6 cm³/mol. The summed E-state index contributed by atoms with van der Waals surface area (Å²) in [6, 6.07) is 7.35. The summed E-state index contributed by atoms with van der Waals surface area (Å²) >= 11 is 1.32. The van der Waals surface area contributed by atoms with Crippen LogP contribution in [-0.4, -0.2) is 30.3 Å². The Bertz CT molecular complexity index is 848. The number of thioether (sulfide) groups is 1. The molecule has 0 aliphatic carbocycles. The standard InChI is InChI=1S/C15H10N6O2S/c1-3-10(7-16-5-1)13-18-12(23-21-13)9-24-15-20-19-14(22-15)11-4-2-6-17-8-11/h1-8H,9H2. The number of nitrogens with zero attached hydrogens (tertiary/aromatic N) is 6. The van der Waals surface area contributed by atoms with E-state index in [-0.39, 0.29) is 0 Å². The normalized spacial score (nSPS) is 10.8. The van der Waals surface area contributed by atoms with Gasteiger partial charge >= 0.3 is 0 Å². The van der Waals surface area contributed by atoms with E-state index in [2.05, 4.69) is 30.3 Å². The Kier molecular flexibility index (Phi) is 3.98. The molecule has 0 bridgehead atoms. The first-order valence-electron chi connectivity index (χ1n) is 6.98. The summed E-state index contributed by atoms with van der Waals surface area (Å²) in [7, 11) is 0. The molecule has 0 aliphatic rings. The molecule has 4 aromatic heterocycles. The number of hydrogen-bond acceptors (Lipinski definition) is 9. The summed E-state index contributed by atoms with van der Waals surface area (Å²) in [6.07, 6.45) is 6.72. The molecule has 0 amide bonds. The Labute approximate surface area is 140 Å². The predicted octanol–water partition coefficient (Wildman–Crippen LogP) is 2.87. The van der Waals surface area contributed by atoms with Crippen molar-refractivity contribution in [2.75, 3.05) is 0 Å². The molecule has 0 saturated carbocycles. The van der Waals surface area contributed by atoms with E-state index in [9.17, 15) is 0 Å². The van der Waals surface area contributed by atoms with Crippen LogP contribution in [0.2, 0.25) is 0 Å². The minimum absolute atomic E-state index is 0.423. The van der Waals surface area contributed by atoms with Crippen LogP contribution >= 0.6 is 11.8 Å². The zero-order chi connectivity index (χ0) is 16.2. The van der Waals surface area contributed by atoms with Gasteiger partial charge in [0.25, 0.3) is 5.22 Å². The Hall–Kier alpha value is -3.07. The van der Waals surface area contributed by atoms with Crippen LogP contribution in [0.3, 0.4) is 0 Å². The van der Waals surface area contributed by atoms with Crippen molar-refractivity contribution in [1.29, 1.82) is 0 Å².